The second-order valence-corrected chi connectivity index (χ2v) is 18.7. The molecule has 10 aromatic carbocycles. The Kier molecular flexibility index (Phi) is 10.5. The summed E-state index contributed by atoms with van der Waals surface area (Å²) in [5, 5.41) is 2.70. The monoisotopic (exact) mass is 859 g/mol. The number of hydrogen-bond donors (Lipinski definition) is 0. The van der Waals surface area contributed by atoms with Crippen molar-refractivity contribution in [1.82, 2.24) is 0 Å². The third kappa shape index (κ3) is 7.09. The third-order valence-electron chi connectivity index (χ3n) is 15.0. The zero-order valence-corrected chi connectivity index (χ0v) is 38.1. The number of para-hydroxylation sites is 3. The van der Waals surface area contributed by atoms with Crippen LogP contribution in [0.5, 0.6) is 0 Å². The van der Waals surface area contributed by atoms with Crippen molar-refractivity contribution in [2.75, 3.05) is 4.90 Å². The fraction of sp³-hybridized carbons (Fsp3) is 0.121. The molecule has 322 valence electrons. The topological polar surface area (TPSA) is 3.24 Å². The molecule has 0 aromatic heterocycles. The largest absolute Gasteiger partial charge is 0.309 e. The second kappa shape index (κ2) is 17.2. The molecule has 1 heteroatoms. The van der Waals surface area contributed by atoms with Crippen LogP contribution in [0, 0.1) is 0 Å². The van der Waals surface area contributed by atoms with Gasteiger partial charge in [-0.25, -0.2) is 0 Å². The van der Waals surface area contributed by atoms with Crippen LogP contribution >= 0.6 is 0 Å². The first-order chi connectivity index (χ1) is 33.1. The minimum absolute atomic E-state index is 0.312. The quantitative estimate of drug-likeness (QED) is 0.140. The molecule has 0 radical (unpaired) electrons. The van der Waals surface area contributed by atoms with Crippen LogP contribution in [0.1, 0.15) is 67.2 Å². The summed E-state index contributed by atoms with van der Waals surface area (Å²) in [7, 11) is 0. The molecule has 67 heavy (non-hydrogen) atoms. The first-order valence-electron chi connectivity index (χ1n) is 24.2. The number of fused-ring (bicyclic) bond motifs is 4. The SMILES string of the molecule is CC1(c2ccccc2)c2ccccc2-c2ccc(-c3ccccc3N(c3ccccc3-c3ccc(-c4ccccc4)cc3)c3ccccc3-c3cccc4cccc(C5CCCCC5)c34)cc21. The summed E-state index contributed by atoms with van der Waals surface area (Å²) in [5.41, 5.74) is 20.9. The Balaban J connectivity index is 1.09. The molecule has 0 N–H and O–H groups in total. The summed E-state index contributed by atoms with van der Waals surface area (Å²) < 4.78 is 0. The van der Waals surface area contributed by atoms with Crippen LogP contribution in [0.15, 0.2) is 237 Å². The van der Waals surface area contributed by atoms with E-state index in [1.54, 1.807) is 0 Å². The van der Waals surface area contributed by atoms with Gasteiger partial charge in [-0.1, -0.05) is 232 Å². The third-order valence-corrected chi connectivity index (χ3v) is 15.0. The molecule has 1 fully saturated rings. The number of hydrogen-bond acceptors (Lipinski definition) is 1. The minimum Gasteiger partial charge on any atom is -0.309 e. The highest BCUT2D eigenvalue weighted by Gasteiger charge is 2.41. The van der Waals surface area contributed by atoms with Gasteiger partial charge in [-0.05, 0) is 122 Å². The first-order valence-corrected chi connectivity index (χ1v) is 24.2. The van der Waals surface area contributed by atoms with Gasteiger partial charge in [0, 0.05) is 22.1 Å². The molecule has 10 aromatic rings. The molecule has 1 nitrogen and oxygen atoms in total. The van der Waals surface area contributed by atoms with Gasteiger partial charge in [0.05, 0.1) is 17.1 Å². The van der Waals surface area contributed by atoms with Crippen LogP contribution < -0.4 is 4.90 Å². The molecule has 0 saturated heterocycles. The Morgan fingerprint density at radius 1 is 0.358 bits per heavy atom. The lowest BCUT2D eigenvalue weighted by molar-refractivity contribution is 0.445. The molecule has 0 heterocycles. The van der Waals surface area contributed by atoms with E-state index in [-0.39, 0.29) is 5.41 Å². The fourth-order valence-corrected chi connectivity index (χ4v) is 11.7. The van der Waals surface area contributed by atoms with Crippen molar-refractivity contribution in [3.63, 3.8) is 0 Å². The zero-order valence-electron chi connectivity index (χ0n) is 38.1. The van der Waals surface area contributed by atoms with Crippen LogP contribution in [0.2, 0.25) is 0 Å². The first kappa shape index (κ1) is 40.7. The minimum atomic E-state index is -0.312. The summed E-state index contributed by atoms with van der Waals surface area (Å²) in [6.45, 7) is 2.41. The molecule has 1 saturated carbocycles. The Hall–Kier alpha value is -7.74. The highest BCUT2D eigenvalue weighted by molar-refractivity contribution is 6.05. The standard InChI is InChI=1S/C66H53N/c1-66(52-27-9-4-10-28-52)60-35-15-11-31-56(60)57-44-43-51(45-61(57)66)54-30-13-17-37-63(54)67(62-36-16-12-29-53(62)49-41-39-47(40-42-49)46-21-5-2-6-22-46)64-38-18-14-32-58(64)59-34-20-26-50-25-19-33-55(65(50)59)48-23-7-3-8-24-48/h2,4-6,9-22,25-45,48H,3,7-8,23-24H2,1H3. The Morgan fingerprint density at radius 2 is 0.851 bits per heavy atom. The van der Waals surface area contributed by atoms with Gasteiger partial charge in [0.25, 0.3) is 0 Å². The second-order valence-electron chi connectivity index (χ2n) is 18.7. The van der Waals surface area contributed by atoms with Crippen LogP contribution in [0.4, 0.5) is 17.1 Å². The Labute approximate surface area is 395 Å². The van der Waals surface area contributed by atoms with Crippen LogP contribution in [0.3, 0.4) is 0 Å². The van der Waals surface area contributed by atoms with Crippen molar-refractivity contribution in [2.45, 2.75) is 50.4 Å². The van der Waals surface area contributed by atoms with E-state index in [2.05, 4.69) is 248 Å². The van der Waals surface area contributed by atoms with E-state index < -0.39 is 0 Å². The van der Waals surface area contributed by atoms with Gasteiger partial charge in [-0.3, -0.25) is 0 Å². The molecule has 0 spiro atoms. The summed E-state index contributed by atoms with van der Waals surface area (Å²) in [6.07, 6.45) is 6.43. The van der Waals surface area contributed by atoms with Crippen molar-refractivity contribution in [1.29, 1.82) is 0 Å². The predicted octanol–water partition coefficient (Wildman–Crippen LogP) is 18.4. The lowest BCUT2D eigenvalue weighted by Gasteiger charge is -2.32. The molecule has 2 aliphatic rings. The van der Waals surface area contributed by atoms with Crippen LogP contribution in [-0.4, -0.2) is 0 Å². The van der Waals surface area contributed by atoms with E-state index in [0.717, 1.165) is 17.1 Å². The van der Waals surface area contributed by atoms with E-state index in [1.165, 1.54) is 121 Å². The van der Waals surface area contributed by atoms with Gasteiger partial charge in [0.1, 0.15) is 0 Å². The normalized spacial score (nSPS) is 15.5. The van der Waals surface area contributed by atoms with Crippen molar-refractivity contribution >= 4 is 27.8 Å². The average molecular weight is 860 g/mol. The van der Waals surface area contributed by atoms with E-state index in [0.29, 0.717) is 5.92 Å². The number of nitrogens with zero attached hydrogens (tertiary/aromatic N) is 1. The summed E-state index contributed by atoms with van der Waals surface area (Å²) in [6, 6.07) is 88.2. The lowest BCUT2D eigenvalue weighted by atomic mass is 9.74. The number of rotatable bonds is 9. The molecule has 0 aliphatic heterocycles. The lowest BCUT2D eigenvalue weighted by Crippen LogP contribution is -2.22. The van der Waals surface area contributed by atoms with E-state index in [4.69, 9.17) is 0 Å². The van der Waals surface area contributed by atoms with Gasteiger partial charge < -0.3 is 4.90 Å². The molecule has 1 unspecified atom stereocenters. The highest BCUT2D eigenvalue weighted by Crippen LogP contribution is 2.55. The molecular weight excluding hydrogens is 807 g/mol. The Morgan fingerprint density at radius 3 is 1.55 bits per heavy atom. The molecule has 1 atom stereocenters. The summed E-state index contributed by atoms with van der Waals surface area (Å²) >= 11 is 0. The van der Waals surface area contributed by atoms with Gasteiger partial charge in [-0.2, -0.15) is 0 Å². The van der Waals surface area contributed by atoms with Crippen LogP contribution in [-0.2, 0) is 5.41 Å². The van der Waals surface area contributed by atoms with E-state index in [9.17, 15) is 0 Å². The molecule has 0 bridgehead atoms. The highest BCUT2D eigenvalue weighted by atomic mass is 15.1. The van der Waals surface area contributed by atoms with Gasteiger partial charge in [0.15, 0.2) is 0 Å². The molecule has 2 aliphatic carbocycles. The van der Waals surface area contributed by atoms with Crippen molar-refractivity contribution in [2.24, 2.45) is 0 Å². The molecule has 12 rings (SSSR count). The average Bonchev–Trinajstić information content (AvgIpc) is 3.67. The predicted molar refractivity (Wildman–Crippen MR) is 284 cm³/mol. The van der Waals surface area contributed by atoms with Gasteiger partial charge in [-0.15, -0.1) is 0 Å². The van der Waals surface area contributed by atoms with Crippen molar-refractivity contribution in [3.05, 3.63) is 259 Å². The maximum Gasteiger partial charge on any atom is 0.0540 e. The van der Waals surface area contributed by atoms with Crippen molar-refractivity contribution < 1.29 is 0 Å². The van der Waals surface area contributed by atoms with Gasteiger partial charge in [0.2, 0.25) is 0 Å². The molecule has 0 amide bonds. The summed E-state index contributed by atoms with van der Waals surface area (Å²) in [4.78, 5) is 2.56. The zero-order chi connectivity index (χ0) is 44.7. The number of anilines is 3. The van der Waals surface area contributed by atoms with E-state index in [1.807, 2.05) is 0 Å². The maximum absolute atomic E-state index is 2.56. The maximum atomic E-state index is 2.56. The van der Waals surface area contributed by atoms with Crippen molar-refractivity contribution in [3.8, 4) is 55.6 Å². The van der Waals surface area contributed by atoms with Crippen LogP contribution in [0.25, 0.3) is 66.4 Å². The molecular formula is C66H53N. The number of benzene rings is 10. The Bertz CT molecular complexity index is 3390. The fourth-order valence-electron chi connectivity index (χ4n) is 11.7. The van der Waals surface area contributed by atoms with Gasteiger partial charge >= 0.3 is 0 Å². The van der Waals surface area contributed by atoms with E-state index >= 15 is 0 Å². The summed E-state index contributed by atoms with van der Waals surface area (Å²) in [5.74, 6) is 0.565. The smallest absolute Gasteiger partial charge is 0.0540 e.